The van der Waals surface area contributed by atoms with Gasteiger partial charge in [-0.25, -0.2) is 4.52 Å². The Morgan fingerprint density at radius 1 is 1.20 bits per heavy atom. The third-order valence-corrected chi connectivity index (χ3v) is 7.71. The van der Waals surface area contributed by atoms with E-state index in [1.165, 1.54) is 0 Å². The predicted molar refractivity (Wildman–Crippen MR) is 112 cm³/mol. The van der Waals surface area contributed by atoms with Crippen LogP contribution in [0.5, 0.6) is 5.75 Å². The van der Waals surface area contributed by atoms with Gasteiger partial charge < -0.3 is 14.6 Å². The molecule has 1 N–H and O–H groups in total. The number of piperidine rings is 1. The third kappa shape index (κ3) is 3.33. The van der Waals surface area contributed by atoms with Crippen LogP contribution in [0.2, 0.25) is 0 Å². The Morgan fingerprint density at radius 2 is 2.00 bits per heavy atom. The van der Waals surface area contributed by atoms with Gasteiger partial charge in [0.25, 0.3) is 0 Å². The van der Waals surface area contributed by atoms with Gasteiger partial charge in [-0.15, -0.1) is 4.31 Å². The second-order valence-electron chi connectivity index (χ2n) is 7.69. The van der Waals surface area contributed by atoms with Gasteiger partial charge in [0.1, 0.15) is 22.9 Å². The van der Waals surface area contributed by atoms with Crippen molar-refractivity contribution in [2.45, 2.75) is 24.1 Å². The smallest absolute Gasteiger partial charge is 0.160 e. The molecule has 9 nitrogen and oxygen atoms in total. The molecule has 2 saturated heterocycles. The Hall–Kier alpha value is -2.58. The fraction of sp³-hybridized carbons (Fsp3) is 0.450. The summed E-state index contributed by atoms with van der Waals surface area (Å²) in [5, 5.41) is 21.6. The van der Waals surface area contributed by atoms with E-state index in [4.69, 9.17) is 4.74 Å². The monoisotopic (exact) mass is 425 g/mol. The van der Waals surface area contributed by atoms with E-state index in [1.54, 1.807) is 17.8 Å². The summed E-state index contributed by atoms with van der Waals surface area (Å²) in [6.07, 6.45) is 9.18. The van der Waals surface area contributed by atoms with Gasteiger partial charge in [0.15, 0.2) is 5.25 Å². The molecule has 0 radical (unpaired) electrons. The number of nitrogens with one attached hydrogen (secondary N) is 1. The molecule has 5 heterocycles. The summed E-state index contributed by atoms with van der Waals surface area (Å²) in [7, 11) is 1.59. The Kier molecular flexibility index (Phi) is 5.12. The van der Waals surface area contributed by atoms with Gasteiger partial charge in [-0.05, 0) is 18.9 Å². The Morgan fingerprint density at radius 3 is 2.67 bits per heavy atom. The van der Waals surface area contributed by atoms with E-state index < -0.39 is 11.4 Å². The molecule has 2 aliphatic heterocycles. The van der Waals surface area contributed by atoms with Crippen molar-refractivity contribution in [2.24, 2.45) is 0 Å². The number of pyridine rings is 1. The molecule has 0 saturated carbocycles. The molecule has 0 aromatic carbocycles. The highest BCUT2D eigenvalue weighted by Gasteiger charge is 2.37. The van der Waals surface area contributed by atoms with E-state index in [9.17, 15) is 9.81 Å². The maximum Gasteiger partial charge on any atom is 0.160 e. The largest absolute Gasteiger partial charge is 0.598 e. The number of methoxy groups -OCH3 is 1. The molecule has 1 atom stereocenters. The van der Waals surface area contributed by atoms with E-state index in [0.717, 1.165) is 50.1 Å². The molecule has 156 valence electrons. The molecule has 0 spiro atoms. The summed E-state index contributed by atoms with van der Waals surface area (Å²) in [5.41, 5.74) is 3.04. The standard InChI is InChI=1S/C20H23N7O2S/c1-29-19-6-14(12-27-20(19)15(7-21)8-24-27)16-9-23-26(13-16)17-2-4-25(5-3-17)30(28)18-10-22-11-18/h6,8-9,12-13,17-18,22H,2-5,10-11H2,1H3. The molecule has 3 aromatic heterocycles. The van der Waals surface area contributed by atoms with Crippen LogP contribution in [0.4, 0.5) is 0 Å². The van der Waals surface area contributed by atoms with Crippen LogP contribution in [0.1, 0.15) is 24.4 Å². The molecule has 2 aliphatic rings. The fourth-order valence-electron chi connectivity index (χ4n) is 4.07. The van der Waals surface area contributed by atoms with Crippen LogP contribution >= 0.6 is 0 Å². The zero-order valence-electron chi connectivity index (χ0n) is 16.7. The third-order valence-electron chi connectivity index (χ3n) is 5.93. The summed E-state index contributed by atoms with van der Waals surface area (Å²) in [6.45, 7) is 3.36. The molecule has 0 amide bonds. The molecule has 1 unspecified atom stereocenters. The quantitative estimate of drug-likeness (QED) is 0.615. The van der Waals surface area contributed by atoms with Crippen LogP contribution in [0, 0.1) is 11.3 Å². The first kappa shape index (κ1) is 19.4. The number of fused-ring (bicyclic) bond motifs is 1. The highest BCUT2D eigenvalue weighted by atomic mass is 32.2. The van der Waals surface area contributed by atoms with Gasteiger partial charge in [0.2, 0.25) is 0 Å². The van der Waals surface area contributed by atoms with Crippen molar-refractivity contribution in [3.63, 3.8) is 0 Å². The second kappa shape index (κ2) is 7.92. The van der Waals surface area contributed by atoms with Gasteiger partial charge in [0, 0.05) is 61.1 Å². The van der Waals surface area contributed by atoms with E-state index in [2.05, 4.69) is 25.9 Å². The zero-order chi connectivity index (χ0) is 20.7. The molecule has 3 aromatic rings. The van der Waals surface area contributed by atoms with Crippen LogP contribution in [-0.4, -0.2) is 66.8 Å². The summed E-state index contributed by atoms with van der Waals surface area (Å²) in [6, 6.07) is 4.36. The van der Waals surface area contributed by atoms with Crippen LogP contribution < -0.4 is 10.1 Å². The first-order valence-corrected chi connectivity index (χ1v) is 11.2. The molecule has 0 aliphatic carbocycles. The number of hydrogen-bond acceptors (Lipinski definition) is 7. The average Bonchev–Trinajstić information content (AvgIpc) is 3.39. The lowest BCUT2D eigenvalue weighted by molar-refractivity contribution is 0.256. The first-order chi connectivity index (χ1) is 14.7. The minimum Gasteiger partial charge on any atom is -0.598 e. The molecule has 0 bridgehead atoms. The Bertz CT molecular complexity index is 1090. The van der Waals surface area contributed by atoms with Gasteiger partial charge >= 0.3 is 0 Å². The predicted octanol–water partition coefficient (Wildman–Crippen LogP) is 1.35. The van der Waals surface area contributed by atoms with Crippen LogP contribution in [0.25, 0.3) is 16.6 Å². The molecule has 5 rings (SSSR count). The lowest BCUT2D eigenvalue weighted by Gasteiger charge is -2.37. The van der Waals surface area contributed by atoms with Gasteiger partial charge in [-0.3, -0.25) is 4.68 Å². The van der Waals surface area contributed by atoms with Gasteiger partial charge in [-0.2, -0.15) is 15.5 Å². The minimum absolute atomic E-state index is 0.270. The number of hydrogen-bond donors (Lipinski definition) is 1. The van der Waals surface area contributed by atoms with Crippen molar-refractivity contribution in [1.29, 1.82) is 5.26 Å². The van der Waals surface area contributed by atoms with Crippen molar-refractivity contribution < 1.29 is 9.29 Å². The number of ether oxygens (including phenoxy) is 1. The highest BCUT2D eigenvalue weighted by Crippen LogP contribution is 2.31. The van der Waals surface area contributed by atoms with Gasteiger partial charge in [0.05, 0.1) is 25.5 Å². The van der Waals surface area contributed by atoms with Crippen LogP contribution in [0.3, 0.4) is 0 Å². The molecule has 2 fully saturated rings. The first-order valence-electron chi connectivity index (χ1n) is 10.0. The molecular formula is C20H23N7O2S. The topological polar surface area (TPSA) is 106 Å². The minimum atomic E-state index is -0.882. The zero-order valence-corrected chi connectivity index (χ0v) is 17.5. The lowest BCUT2D eigenvalue weighted by atomic mass is 10.1. The normalized spacial score (nSPS) is 19.5. The van der Waals surface area contributed by atoms with E-state index in [-0.39, 0.29) is 5.25 Å². The second-order valence-corrected chi connectivity index (χ2v) is 9.42. The number of aromatic nitrogens is 4. The lowest BCUT2D eigenvalue weighted by Crippen LogP contribution is -2.57. The Balaban J connectivity index is 1.33. The fourth-order valence-corrected chi connectivity index (χ4v) is 5.58. The summed E-state index contributed by atoms with van der Waals surface area (Å²) in [4.78, 5) is 0. The average molecular weight is 426 g/mol. The van der Waals surface area contributed by atoms with Crippen molar-refractivity contribution >= 4 is 16.9 Å². The van der Waals surface area contributed by atoms with Gasteiger partial charge in [-0.1, -0.05) is 0 Å². The SMILES string of the molecule is COc1cc(-c2cnn(C3CCN([S+]([O-])C4CNC4)CC3)c2)cn2ncc(C#N)c12. The maximum absolute atomic E-state index is 12.5. The highest BCUT2D eigenvalue weighted by molar-refractivity contribution is 7.89. The van der Waals surface area contributed by atoms with E-state index in [1.807, 2.05) is 29.3 Å². The van der Waals surface area contributed by atoms with Crippen molar-refractivity contribution in [3.8, 4) is 22.9 Å². The van der Waals surface area contributed by atoms with Crippen molar-refractivity contribution in [3.05, 3.63) is 36.4 Å². The van der Waals surface area contributed by atoms with Crippen molar-refractivity contribution in [1.82, 2.24) is 29.0 Å². The number of nitriles is 1. The maximum atomic E-state index is 12.5. The summed E-state index contributed by atoms with van der Waals surface area (Å²) < 4.78 is 23.8. The van der Waals surface area contributed by atoms with Crippen LogP contribution in [-0.2, 0) is 11.4 Å². The van der Waals surface area contributed by atoms with E-state index >= 15 is 0 Å². The molecular weight excluding hydrogens is 402 g/mol. The summed E-state index contributed by atoms with van der Waals surface area (Å²) in [5.74, 6) is 0.607. The molecule has 10 heteroatoms. The summed E-state index contributed by atoms with van der Waals surface area (Å²) >= 11 is -0.882. The number of nitrogens with zero attached hydrogens (tertiary/aromatic N) is 6. The van der Waals surface area contributed by atoms with E-state index in [0.29, 0.717) is 22.9 Å². The molecule has 30 heavy (non-hydrogen) atoms. The van der Waals surface area contributed by atoms with Crippen molar-refractivity contribution in [2.75, 3.05) is 33.3 Å². The van der Waals surface area contributed by atoms with Crippen LogP contribution in [0.15, 0.2) is 30.9 Å². The Labute approximate surface area is 177 Å². The number of rotatable bonds is 5.